The van der Waals surface area contributed by atoms with Crippen LogP contribution in [-0.4, -0.2) is 28.2 Å². The lowest BCUT2D eigenvalue weighted by Crippen LogP contribution is -2.30. The molecule has 3 atom stereocenters. The van der Waals surface area contributed by atoms with Crippen molar-refractivity contribution in [3.05, 3.63) is 17.0 Å². The zero-order valence-corrected chi connectivity index (χ0v) is 9.77. The van der Waals surface area contributed by atoms with Crippen LogP contribution >= 0.6 is 15.9 Å². The van der Waals surface area contributed by atoms with Gasteiger partial charge in [0.15, 0.2) is 0 Å². The van der Waals surface area contributed by atoms with E-state index >= 15 is 0 Å². The molecule has 5 heteroatoms. The number of rotatable bonds is 2. The number of ether oxygens (including phenoxy) is 1. The summed E-state index contributed by atoms with van der Waals surface area (Å²) >= 11 is 3.33. The van der Waals surface area contributed by atoms with Crippen molar-refractivity contribution in [3.8, 4) is 0 Å². The minimum absolute atomic E-state index is 0.378. The summed E-state index contributed by atoms with van der Waals surface area (Å²) in [6.07, 6.45) is 5.90. The first-order chi connectivity index (χ1) is 7.31. The van der Waals surface area contributed by atoms with Crippen LogP contribution in [0.25, 0.3) is 0 Å². The molecule has 0 spiro atoms. The van der Waals surface area contributed by atoms with Crippen molar-refractivity contribution in [3.63, 3.8) is 0 Å². The van der Waals surface area contributed by atoms with Gasteiger partial charge in [-0.3, -0.25) is 0 Å². The molecule has 1 aromatic heterocycles. The topological polar surface area (TPSA) is 47.0 Å². The summed E-state index contributed by atoms with van der Waals surface area (Å²) in [6.45, 7) is 0. The Hall–Kier alpha value is -0.680. The maximum atomic E-state index is 5.77. The first-order valence-corrected chi connectivity index (χ1v) is 6.00. The van der Waals surface area contributed by atoms with Gasteiger partial charge in [0.25, 0.3) is 0 Å². The van der Waals surface area contributed by atoms with Crippen LogP contribution in [0.4, 0.5) is 5.82 Å². The van der Waals surface area contributed by atoms with Crippen molar-refractivity contribution in [2.24, 2.45) is 0 Å². The average molecular weight is 270 g/mol. The molecule has 0 aromatic carbocycles. The number of halogens is 1. The van der Waals surface area contributed by atoms with Crippen molar-refractivity contribution < 1.29 is 4.74 Å². The van der Waals surface area contributed by atoms with E-state index in [2.05, 4.69) is 31.2 Å². The SMILES string of the molecule is Brc1cc(NC2CC3CCC2O3)ncn1. The number of hydrogen-bond donors (Lipinski definition) is 1. The summed E-state index contributed by atoms with van der Waals surface area (Å²) in [5, 5.41) is 3.41. The Labute approximate surface area is 96.6 Å². The van der Waals surface area contributed by atoms with Gasteiger partial charge >= 0.3 is 0 Å². The second-order valence-corrected chi connectivity index (χ2v) is 4.90. The number of nitrogens with zero attached hydrogens (tertiary/aromatic N) is 2. The molecule has 3 heterocycles. The largest absolute Gasteiger partial charge is 0.373 e. The average Bonchev–Trinajstić information content (AvgIpc) is 2.79. The second-order valence-electron chi connectivity index (χ2n) is 4.09. The van der Waals surface area contributed by atoms with E-state index in [1.807, 2.05) is 6.07 Å². The third kappa shape index (κ3) is 1.86. The van der Waals surface area contributed by atoms with E-state index in [0.29, 0.717) is 18.2 Å². The first kappa shape index (κ1) is 9.54. The molecule has 80 valence electrons. The van der Waals surface area contributed by atoms with Crippen LogP contribution in [-0.2, 0) is 4.74 Å². The molecule has 2 saturated heterocycles. The Morgan fingerprint density at radius 3 is 3.00 bits per heavy atom. The Kier molecular flexibility index (Phi) is 2.36. The number of hydrogen-bond acceptors (Lipinski definition) is 4. The van der Waals surface area contributed by atoms with Crippen molar-refractivity contribution in [2.75, 3.05) is 5.32 Å². The van der Waals surface area contributed by atoms with Gasteiger partial charge in [0, 0.05) is 6.07 Å². The fourth-order valence-electron chi connectivity index (χ4n) is 2.39. The molecule has 2 aliphatic rings. The van der Waals surface area contributed by atoms with Crippen molar-refractivity contribution >= 4 is 21.7 Å². The smallest absolute Gasteiger partial charge is 0.130 e. The summed E-state index contributed by atoms with van der Waals surface area (Å²) in [4.78, 5) is 8.18. The minimum Gasteiger partial charge on any atom is -0.373 e. The van der Waals surface area contributed by atoms with Gasteiger partial charge < -0.3 is 10.1 Å². The van der Waals surface area contributed by atoms with Gasteiger partial charge in [0.2, 0.25) is 0 Å². The van der Waals surface area contributed by atoms with E-state index in [-0.39, 0.29) is 0 Å². The van der Waals surface area contributed by atoms with Gasteiger partial charge in [-0.2, -0.15) is 0 Å². The molecule has 2 bridgehead atoms. The van der Waals surface area contributed by atoms with Gasteiger partial charge in [-0.05, 0) is 35.2 Å². The van der Waals surface area contributed by atoms with Crippen LogP contribution in [0.5, 0.6) is 0 Å². The van der Waals surface area contributed by atoms with Crippen LogP contribution in [0.1, 0.15) is 19.3 Å². The monoisotopic (exact) mass is 269 g/mol. The van der Waals surface area contributed by atoms with Crippen LogP contribution in [0.15, 0.2) is 17.0 Å². The summed E-state index contributed by atoms with van der Waals surface area (Å²) in [7, 11) is 0. The van der Waals surface area contributed by atoms with Gasteiger partial charge in [-0.1, -0.05) is 0 Å². The number of anilines is 1. The quantitative estimate of drug-likeness (QED) is 0.835. The first-order valence-electron chi connectivity index (χ1n) is 5.21. The third-order valence-electron chi connectivity index (χ3n) is 3.07. The maximum Gasteiger partial charge on any atom is 0.130 e. The molecule has 3 rings (SSSR count). The maximum absolute atomic E-state index is 5.77. The van der Waals surface area contributed by atoms with Crippen LogP contribution in [0.2, 0.25) is 0 Å². The van der Waals surface area contributed by atoms with Gasteiger partial charge in [0.05, 0.1) is 18.2 Å². The summed E-state index contributed by atoms with van der Waals surface area (Å²) in [6, 6.07) is 2.32. The normalized spacial score (nSPS) is 33.3. The molecule has 3 unspecified atom stereocenters. The van der Waals surface area contributed by atoms with E-state index in [1.54, 1.807) is 6.33 Å². The van der Waals surface area contributed by atoms with Gasteiger partial charge in [-0.15, -0.1) is 0 Å². The van der Waals surface area contributed by atoms with Crippen molar-refractivity contribution in [1.29, 1.82) is 0 Å². The van der Waals surface area contributed by atoms with Gasteiger partial charge in [-0.25, -0.2) is 9.97 Å². The molecular formula is C10H12BrN3O. The Balaban J connectivity index is 1.71. The number of fused-ring (bicyclic) bond motifs is 2. The zero-order valence-electron chi connectivity index (χ0n) is 8.19. The Morgan fingerprint density at radius 2 is 2.33 bits per heavy atom. The molecule has 0 aliphatic carbocycles. The fraction of sp³-hybridized carbons (Fsp3) is 0.600. The predicted octanol–water partition coefficient (Wildman–Crippen LogP) is 1.97. The fourth-order valence-corrected chi connectivity index (χ4v) is 2.70. The Bertz CT molecular complexity index is 373. The van der Waals surface area contributed by atoms with E-state index < -0.39 is 0 Å². The van der Waals surface area contributed by atoms with E-state index in [1.165, 1.54) is 12.8 Å². The predicted molar refractivity (Wildman–Crippen MR) is 59.7 cm³/mol. The zero-order chi connectivity index (χ0) is 10.3. The molecule has 2 fully saturated rings. The molecule has 4 nitrogen and oxygen atoms in total. The van der Waals surface area contributed by atoms with Crippen LogP contribution in [0.3, 0.4) is 0 Å². The van der Waals surface area contributed by atoms with E-state index in [4.69, 9.17) is 4.74 Å². The summed E-state index contributed by atoms with van der Waals surface area (Å²) in [5.41, 5.74) is 0. The molecule has 15 heavy (non-hydrogen) atoms. The molecule has 1 N–H and O–H groups in total. The molecule has 1 aromatic rings. The number of nitrogens with one attached hydrogen (secondary N) is 1. The lowest BCUT2D eigenvalue weighted by molar-refractivity contribution is 0.102. The lowest BCUT2D eigenvalue weighted by Gasteiger charge is -2.20. The van der Waals surface area contributed by atoms with Crippen LogP contribution < -0.4 is 5.32 Å². The molecule has 0 radical (unpaired) electrons. The highest BCUT2D eigenvalue weighted by atomic mass is 79.9. The second kappa shape index (κ2) is 3.72. The molecule has 0 amide bonds. The van der Waals surface area contributed by atoms with E-state index in [0.717, 1.165) is 16.8 Å². The lowest BCUT2D eigenvalue weighted by atomic mass is 9.95. The number of aromatic nitrogens is 2. The van der Waals surface area contributed by atoms with E-state index in [9.17, 15) is 0 Å². The van der Waals surface area contributed by atoms with Crippen LogP contribution in [0, 0.1) is 0 Å². The third-order valence-corrected chi connectivity index (χ3v) is 3.51. The summed E-state index contributed by atoms with van der Waals surface area (Å²) in [5.74, 6) is 0.873. The molecule has 0 saturated carbocycles. The highest BCUT2D eigenvalue weighted by molar-refractivity contribution is 9.10. The van der Waals surface area contributed by atoms with Crippen molar-refractivity contribution in [2.45, 2.75) is 37.5 Å². The summed E-state index contributed by atoms with van der Waals surface area (Å²) < 4.78 is 6.58. The van der Waals surface area contributed by atoms with Crippen molar-refractivity contribution in [1.82, 2.24) is 9.97 Å². The standard InChI is InChI=1S/C10H12BrN3O/c11-9-4-10(13-5-12-9)14-7-3-6-1-2-8(7)15-6/h4-8H,1-3H2,(H,12,13,14). The molecular weight excluding hydrogens is 258 g/mol. The highest BCUT2D eigenvalue weighted by Gasteiger charge is 2.40. The minimum atomic E-state index is 0.378. The Morgan fingerprint density at radius 1 is 1.40 bits per heavy atom. The highest BCUT2D eigenvalue weighted by Crippen LogP contribution is 2.35. The van der Waals surface area contributed by atoms with Gasteiger partial charge in [0.1, 0.15) is 16.7 Å². The molecule has 2 aliphatic heterocycles.